The van der Waals surface area contributed by atoms with Crippen molar-refractivity contribution in [3.05, 3.63) is 24.2 Å². The first kappa shape index (κ1) is 18.3. The van der Waals surface area contributed by atoms with Gasteiger partial charge in [-0.2, -0.15) is 13.2 Å². The van der Waals surface area contributed by atoms with Gasteiger partial charge in [-0.3, -0.25) is 14.5 Å². The van der Waals surface area contributed by atoms with Crippen LogP contribution in [-0.2, 0) is 16.1 Å². The molecular weight excluding hydrogens is 327 g/mol. The van der Waals surface area contributed by atoms with Crippen molar-refractivity contribution in [2.45, 2.75) is 25.6 Å². The average Bonchev–Trinajstić information content (AvgIpc) is 3.03. The summed E-state index contributed by atoms with van der Waals surface area (Å²) >= 11 is 0. The molecule has 24 heavy (non-hydrogen) atoms. The molecule has 0 aliphatic carbocycles. The van der Waals surface area contributed by atoms with Gasteiger partial charge < -0.3 is 15.1 Å². The first-order valence-electron chi connectivity index (χ1n) is 7.69. The van der Waals surface area contributed by atoms with Gasteiger partial charge >= 0.3 is 6.18 Å². The standard InChI is InChI=1S/C15H20F3N3O3/c16-15(17,18)10-20-14(23)11-3-1-5-21(8-11)9-13(22)19-7-12-4-2-6-24-12/h2,4,6,11H,1,3,5,7-10H2,(H,19,22)(H,20,23)/t11-/m1/s1. The van der Waals surface area contributed by atoms with Crippen LogP contribution in [0.4, 0.5) is 13.2 Å². The van der Waals surface area contributed by atoms with Gasteiger partial charge in [0.15, 0.2) is 0 Å². The van der Waals surface area contributed by atoms with E-state index in [0.29, 0.717) is 25.1 Å². The predicted octanol–water partition coefficient (Wildman–Crippen LogP) is 1.29. The highest BCUT2D eigenvalue weighted by atomic mass is 19.4. The van der Waals surface area contributed by atoms with E-state index in [2.05, 4.69) is 5.32 Å². The van der Waals surface area contributed by atoms with Crippen molar-refractivity contribution in [2.24, 2.45) is 5.92 Å². The van der Waals surface area contributed by atoms with E-state index in [1.807, 2.05) is 5.32 Å². The summed E-state index contributed by atoms with van der Waals surface area (Å²) in [6.07, 6.45) is -1.73. The van der Waals surface area contributed by atoms with Crippen molar-refractivity contribution in [1.82, 2.24) is 15.5 Å². The van der Waals surface area contributed by atoms with E-state index >= 15 is 0 Å². The second-order valence-corrected chi connectivity index (χ2v) is 5.76. The van der Waals surface area contributed by atoms with Gasteiger partial charge in [-0.05, 0) is 31.5 Å². The van der Waals surface area contributed by atoms with E-state index in [1.54, 1.807) is 17.0 Å². The summed E-state index contributed by atoms with van der Waals surface area (Å²) in [6.45, 7) is -0.0417. The Morgan fingerprint density at radius 3 is 2.79 bits per heavy atom. The van der Waals surface area contributed by atoms with E-state index in [9.17, 15) is 22.8 Å². The Bertz CT molecular complexity index is 546. The highest BCUT2D eigenvalue weighted by molar-refractivity contribution is 5.80. The number of rotatable bonds is 6. The number of carbonyl (C=O) groups excluding carboxylic acids is 2. The minimum absolute atomic E-state index is 0.101. The molecule has 1 aromatic rings. The first-order valence-corrected chi connectivity index (χ1v) is 7.69. The zero-order chi connectivity index (χ0) is 17.6. The van der Waals surface area contributed by atoms with Crippen LogP contribution in [0.25, 0.3) is 0 Å². The van der Waals surface area contributed by atoms with Crippen LogP contribution in [0.3, 0.4) is 0 Å². The monoisotopic (exact) mass is 347 g/mol. The minimum Gasteiger partial charge on any atom is -0.467 e. The van der Waals surface area contributed by atoms with E-state index in [4.69, 9.17) is 4.42 Å². The lowest BCUT2D eigenvalue weighted by Crippen LogP contribution is -2.47. The molecule has 2 N–H and O–H groups in total. The van der Waals surface area contributed by atoms with E-state index < -0.39 is 24.5 Å². The molecule has 0 radical (unpaired) electrons. The molecule has 1 saturated heterocycles. The second kappa shape index (κ2) is 8.18. The number of likely N-dealkylation sites (tertiary alicyclic amines) is 1. The van der Waals surface area contributed by atoms with Gasteiger partial charge in [-0.15, -0.1) is 0 Å². The Hall–Kier alpha value is -2.03. The number of halogens is 3. The van der Waals surface area contributed by atoms with Crippen LogP contribution in [0, 0.1) is 5.92 Å². The Morgan fingerprint density at radius 1 is 1.33 bits per heavy atom. The highest BCUT2D eigenvalue weighted by Crippen LogP contribution is 2.18. The number of hydrogen-bond donors (Lipinski definition) is 2. The lowest BCUT2D eigenvalue weighted by molar-refractivity contribution is -0.142. The highest BCUT2D eigenvalue weighted by Gasteiger charge is 2.31. The van der Waals surface area contributed by atoms with Crippen molar-refractivity contribution in [3.63, 3.8) is 0 Å². The molecular formula is C15H20F3N3O3. The van der Waals surface area contributed by atoms with Gasteiger partial charge in [0.1, 0.15) is 12.3 Å². The molecule has 1 aromatic heterocycles. The predicted molar refractivity (Wildman–Crippen MR) is 78.8 cm³/mol. The summed E-state index contributed by atoms with van der Waals surface area (Å²) in [5, 5.41) is 4.60. The molecule has 0 bridgehead atoms. The fraction of sp³-hybridized carbons (Fsp3) is 0.600. The Balaban J connectivity index is 1.73. The number of furan rings is 1. The van der Waals surface area contributed by atoms with Gasteiger partial charge in [0.2, 0.25) is 11.8 Å². The molecule has 9 heteroatoms. The lowest BCUT2D eigenvalue weighted by Gasteiger charge is -2.31. The number of piperidine rings is 1. The molecule has 2 amide bonds. The summed E-state index contributed by atoms with van der Waals surface area (Å²) in [5.74, 6) is -0.735. The van der Waals surface area contributed by atoms with Crippen molar-refractivity contribution < 1.29 is 27.2 Å². The fourth-order valence-corrected chi connectivity index (χ4v) is 2.60. The summed E-state index contributed by atoms with van der Waals surface area (Å²) in [6, 6.07) is 3.46. The molecule has 6 nitrogen and oxygen atoms in total. The third kappa shape index (κ3) is 6.23. The van der Waals surface area contributed by atoms with Crippen LogP contribution in [0.1, 0.15) is 18.6 Å². The number of nitrogens with one attached hydrogen (secondary N) is 2. The molecule has 0 unspecified atom stereocenters. The Kier molecular flexibility index (Phi) is 6.24. The SMILES string of the molecule is O=C(CN1CCC[C@@H](C(=O)NCC(F)(F)F)C1)NCc1ccco1. The van der Waals surface area contributed by atoms with Gasteiger partial charge in [0.25, 0.3) is 0 Å². The summed E-state index contributed by atoms with van der Waals surface area (Å²) < 4.78 is 41.5. The second-order valence-electron chi connectivity index (χ2n) is 5.76. The van der Waals surface area contributed by atoms with Crippen LogP contribution in [0.2, 0.25) is 0 Å². The largest absolute Gasteiger partial charge is 0.467 e. The van der Waals surface area contributed by atoms with Crippen LogP contribution in [-0.4, -0.2) is 49.1 Å². The summed E-state index contributed by atoms with van der Waals surface area (Å²) in [4.78, 5) is 25.5. The average molecular weight is 347 g/mol. The van der Waals surface area contributed by atoms with Crippen molar-refractivity contribution >= 4 is 11.8 Å². The third-order valence-corrected chi connectivity index (χ3v) is 3.75. The number of alkyl halides is 3. The van der Waals surface area contributed by atoms with Gasteiger partial charge in [0.05, 0.1) is 25.3 Å². The number of nitrogens with zero attached hydrogens (tertiary/aromatic N) is 1. The fourth-order valence-electron chi connectivity index (χ4n) is 2.60. The van der Waals surface area contributed by atoms with E-state index in [-0.39, 0.29) is 25.5 Å². The molecule has 1 aliphatic rings. The van der Waals surface area contributed by atoms with Gasteiger partial charge in [0, 0.05) is 6.54 Å². The number of carbonyl (C=O) groups is 2. The molecule has 2 heterocycles. The van der Waals surface area contributed by atoms with Crippen molar-refractivity contribution in [3.8, 4) is 0 Å². The molecule has 1 aliphatic heterocycles. The maximum absolute atomic E-state index is 12.1. The molecule has 0 aromatic carbocycles. The topological polar surface area (TPSA) is 74.6 Å². The Labute approximate surface area is 137 Å². The van der Waals surface area contributed by atoms with Gasteiger partial charge in [-0.25, -0.2) is 0 Å². The number of amides is 2. The molecule has 1 atom stereocenters. The Morgan fingerprint density at radius 2 is 2.12 bits per heavy atom. The van der Waals surface area contributed by atoms with E-state index in [0.717, 1.165) is 0 Å². The molecule has 134 valence electrons. The summed E-state index contributed by atoms with van der Waals surface area (Å²) in [7, 11) is 0. The van der Waals surface area contributed by atoms with Crippen LogP contribution in [0.15, 0.2) is 22.8 Å². The molecule has 2 rings (SSSR count). The zero-order valence-corrected chi connectivity index (χ0v) is 13.1. The maximum atomic E-state index is 12.1. The first-order chi connectivity index (χ1) is 11.3. The van der Waals surface area contributed by atoms with Crippen molar-refractivity contribution in [1.29, 1.82) is 0 Å². The smallest absolute Gasteiger partial charge is 0.405 e. The molecule has 0 spiro atoms. The lowest BCUT2D eigenvalue weighted by atomic mass is 9.97. The quantitative estimate of drug-likeness (QED) is 0.813. The molecule has 1 fully saturated rings. The van der Waals surface area contributed by atoms with E-state index in [1.165, 1.54) is 6.26 Å². The van der Waals surface area contributed by atoms with Crippen LogP contribution >= 0.6 is 0 Å². The van der Waals surface area contributed by atoms with Crippen molar-refractivity contribution in [2.75, 3.05) is 26.2 Å². The van der Waals surface area contributed by atoms with Crippen LogP contribution in [0.5, 0.6) is 0 Å². The maximum Gasteiger partial charge on any atom is 0.405 e. The third-order valence-electron chi connectivity index (χ3n) is 3.75. The normalized spacial score (nSPS) is 19.0. The zero-order valence-electron chi connectivity index (χ0n) is 13.1. The van der Waals surface area contributed by atoms with Crippen LogP contribution < -0.4 is 10.6 Å². The number of hydrogen-bond acceptors (Lipinski definition) is 4. The summed E-state index contributed by atoms with van der Waals surface area (Å²) in [5.41, 5.74) is 0. The van der Waals surface area contributed by atoms with Gasteiger partial charge in [-0.1, -0.05) is 0 Å². The minimum atomic E-state index is -4.42. The molecule has 0 saturated carbocycles.